The molecular weight excluding hydrogens is 311 g/mol. The Kier molecular flexibility index (Phi) is 6.72. The lowest BCUT2D eigenvalue weighted by molar-refractivity contribution is 0.0297. The van der Waals surface area contributed by atoms with Crippen LogP contribution in [0.5, 0.6) is 0 Å². The first-order valence-electron chi connectivity index (χ1n) is 7.68. The van der Waals surface area contributed by atoms with Gasteiger partial charge in [0.15, 0.2) is 0 Å². The van der Waals surface area contributed by atoms with Gasteiger partial charge in [0.05, 0.1) is 25.0 Å². The molecule has 24 heavy (non-hydrogen) atoms. The second-order valence-corrected chi connectivity index (χ2v) is 5.31. The van der Waals surface area contributed by atoms with Gasteiger partial charge in [-0.3, -0.25) is 0 Å². The van der Waals surface area contributed by atoms with Crippen molar-refractivity contribution in [2.75, 3.05) is 25.1 Å². The van der Waals surface area contributed by atoms with Crippen molar-refractivity contribution in [1.29, 1.82) is 0 Å². The smallest absolute Gasteiger partial charge is 0.319 e. The molecular formula is C18H21FN2O3. The van der Waals surface area contributed by atoms with Crippen LogP contribution in [0, 0.1) is 12.7 Å². The summed E-state index contributed by atoms with van der Waals surface area (Å²) in [4.78, 5) is 11.9. The highest BCUT2D eigenvalue weighted by atomic mass is 19.1. The molecule has 0 aliphatic heterocycles. The van der Waals surface area contributed by atoms with E-state index in [-0.39, 0.29) is 25.4 Å². The molecule has 3 N–H and O–H groups in total. The molecule has 0 saturated carbocycles. The lowest BCUT2D eigenvalue weighted by atomic mass is 10.1. The van der Waals surface area contributed by atoms with Gasteiger partial charge in [-0.05, 0) is 24.6 Å². The van der Waals surface area contributed by atoms with Crippen molar-refractivity contribution in [2.24, 2.45) is 0 Å². The molecule has 0 aliphatic rings. The molecule has 2 amide bonds. The number of carbonyl (C=O) groups excluding carboxylic acids is 1. The highest BCUT2D eigenvalue weighted by Gasteiger charge is 2.14. The minimum absolute atomic E-state index is 0.107. The van der Waals surface area contributed by atoms with Crippen LogP contribution < -0.4 is 10.6 Å². The highest BCUT2D eigenvalue weighted by Crippen LogP contribution is 2.17. The van der Waals surface area contributed by atoms with Gasteiger partial charge in [0.25, 0.3) is 0 Å². The molecule has 0 aromatic heterocycles. The monoisotopic (exact) mass is 332 g/mol. The van der Waals surface area contributed by atoms with Crippen LogP contribution in [0.1, 0.15) is 17.2 Å². The van der Waals surface area contributed by atoms with Gasteiger partial charge in [-0.25, -0.2) is 9.18 Å². The summed E-state index contributed by atoms with van der Waals surface area (Å²) < 4.78 is 19.1. The molecule has 6 heteroatoms. The third-order valence-electron chi connectivity index (χ3n) is 3.43. The number of carbonyl (C=O) groups is 1. The number of ether oxygens (including phenoxy) is 1. The van der Waals surface area contributed by atoms with Crippen LogP contribution in [0.4, 0.5) is 14.9 Å². The third kappa shape index (κ3) is 5.33. The van der Waals surface area contributed by atoms with Crippen molar-refractivity contribution in [1.82, 2.24) is 5.32 Å². The second kappa shape index (κ2) is 9.00. The minimum atomic E-state index is -0.523. The fourth-order valence-electron chi connectivity index (χ4n) is 2.16. The van der Waals surface area contributed by atoms with Gasteiger partial charge in [0, 0.05) is 6.54 Å². The van der Waals surface area contributed by atoms with Gasteiger partial charge in [0.1, 0.15) is 5.82 Å². The quantitative estimate of drug-likeness (QED) is 0.730. The molecule has 0 fully saturated rings. The number of para-hydroxylation sites is 1. The first-order chi connectivity index (χ1) is 11.6. The van der Waals surface area contributed by atoms with Gasteiger partial charge < -0.3 is 20.5 Å². The van der Waals surface area contributed by atoms with Gasteiger partial charge in [0.2, 0.25) is 0 Å². The molecule has 0 spiro atoms. The molecule has 0 heterocycles. The van der Waals surface area contributed by atoms with E-state index in [4.69, 9.17) is 9.84 Å². The first kappa shape index (κ1) is 17.9. The number of hydrogen-bond acceptors (Lipinski definition) is 3. The Morgan fingerprint density at radius 3 is 2.58 bits per heavy atom. The molecule has 2 rings (SSSR count). The average molecular weight is 332 g/mol. The maximum Gasteiger partial charge on any atom is 0.319 e. The predicted octanol–water partition coefficient (Wildman–Crippen LogP) is 3.01. The van der Waals surface area contributed by atoms with Crippen molar-refractivity contribution in [2.45, 2.75) is 13.0 Å². The van der Waals surface area contributed by atoms with Crippen molar-refractivity contribution in [3.63, 3.8) is 0 Å². The molecule has 0 saturated heterocycles. The Balaban J connectivity index is 1.95. The number of aliphatic hydroxyl groups is 1. The Hall–Kier alpha value is -2.44. The second-order valence-electron chi connectivity index (χ2n) is 5.31. The molecule has 128 valence electrons. The molecule has 5 nitrogen and oxygen atoms in total. The zero-order chi connectivity index (χ0) is 17.4. The fourth-order valence-corrected chi connectivity index (χ4v) is 2.16. The van der Waals surface area contributed by atoms with Gasteiger partial charge >= 0.3 is 6.03 Å². The van der Waals surface area contributed by atoms with Crippen LogP contribution in [-0.4, -0.2) is 30.9 Å². The number of amides is 2. The average Bonchev–Trinajstić information content (AvgIpc) is 2.58. The van der Waals surface area contributed by atoms with E-state index >= 15 is 0 Å². The molecule has 0 radical (unpaired) electrons. The summed E-state index contributed by atoms with van der Waals surface area (Å²) in [5.41, 5.74) is 2.11. The van der Waals surface area contributed by atoms with Crippen molar-refractivity contribution in [3.05, 3.63) is 65.5 Å². The van der Waals surface area contributed by atoms with E-state index in [1.807, 2.05) is 31.2 Å². The van der Waals surface area contributed by atoms with Crippen LogP contribution in [0.15, 0.2) is 48.5 Å². The van der Waals surface area contributed by atoms with Crippen LogP contribution in [0.2, 0.25) is 0 Å². The molecule has 2 aromatic rings. The maximum atomic E-state index is 13.5. The largest absolute Gasteiger partial charge is 0.394 e. The lowest BCUT2D eigenvalue weighted by Gasteiger charge is -2.19. The molecule has 0 unspecified atom stereocenters. The molecule has 2 aromatic carbocycles. The number of nitrogens with one attached hydrogen (secondary N) is 2. The normalized spacial score (nSPS) is 11.8. The van der Waals surface area contributed by atoms with E-state index in [9.17, 15) is 9.18 Å². The van der Waals surface area contributed by atoms with E-state index in [1.54, 1.807) is 12.1 Å². The standard InChI is InChI=1S/C18H21FN2O3/c1-13-6-8-14(9-7-13)17(24-11-10-22)12-20-18(23)21-16-5-3-2-4-15(16)19/h2-9,17,22H,10-12H2,1H3,(H2,20,21,23)/t17-/m0/s1. The van der Waals surface area contributed by atoms with Crippen molar-refractivity contribution >= 4 is 11.7 Å². The fraction of sp³-hybridized carbons (Fsp3) is 0.278. The van der Waals surface area contributed by atoms with E-state index in [0.717, 1.165) is 11.1 Å². The van der Waals surface area contributed by atoms with Gasteiger partial charge in [-0.15, -0.1) is 0 Å². The number of aryl methyl sites for hydroxylation is 1. The summed E-state index contributed by atoms with van der Waals surface area (Å²) in [6.07, 6.45) is -0.399. The predicted molar refractivity (Wildman–Crippen MR) is 90.4 cm³/mol. The maximum absolute atomic E-state index is 13.5. The summed E-state index contributed by atoms with van der Waals surface area (Å²) in [5, 5.41) is 14.1. The van der Waals surface area contributed by atoms with Crippen LogP contribution in [0.25, 0.3) is 0 Å². The topological polar surface area (TPSA) is 70.6 Å². The minimum Gasteiger partial charge on any atom is -0.394 e. The van der Waals surface area contributed by atoms with Crippen molar-refractivity contribution in [3.8, 4) is 0 Å². The summed E-state index contributed by atoms with van der Waals surface area (Å²) in [5.74, 6) is -0.501. The molecule has 1 atom stereocenters. The van der Waals surface area contributed by atoms with Gasteiger partial charge in [-0.1, -0.05) is 42.0 Å². The molecule has 0 bridgehead atoms. The Morgan fingerprint density at radius 2 is 1.92 bits per heavy atom. The Bertz CT molecular complexity index is 662. The summed E-state index contributed by atoms with van der Waals surface area (Å²) in [6.45, 7) is 2.23. The number of halogens is 1. The van der Waals surface area contributed by atoms with E-state index < -0.39 is 18.0 Å². The number of anilines is 1. The number of aliphatic hydroxyl groups excluding tert-OH is 1. The van der Waals surface area contributed by atoms with Crippen LogP contribution in [-0.2, 0) is 4.74 Å². The molecule has 0 aliphatic carbocycles. The van der Waals surface area contributed by atoms with Crippen LogP contribution >= 0.6 is 0 Å². The summed E-state index contributed by atoms with van der Waals surface area (Å²) in [7, 11) is 0. The van der Waals surface area contributed by atoms with Crippen LogP contribution in [0.3, 0.4) is 0 Å². The van der Waals surface area contributed by atoms with E-state index in [0.29, 0.717) is 0 Å². The number of benzene rings is 2. The lowest BCUT2D eigenvalue weighted by Crippen LogP contribution is -2.33. The SMILES string of the molecule is Cc1ccc([C@H](CNC(=O)Nc2ccccc2F)OCCO)cc1. The Labute approximate surface area is 140 Å². The highest BCUT2D eigenvalue weighted by molar-refractivity contribution is 5.89. The zero-order valence-corrected chi connectivity index (χ0v) is 13.5. The third-order valence-corrected chi connectivity index (χ3v) is 3.43. The van der Waals surface area contributed by atoms with Crippen molar-refractivity contribution < 1.29 is 19.0 Å². The summed E-state index contributed by atoms with van der Waals surface area (Å²) >= 11 is 0. The zero-order valence-electron chi connectivity index (χ0n) is 13.5. The van der Waals surface area contributed by atoms with E-state index in [2.05, 4.69) is 10.6 Å². The first-order valence-corrected chi connectivity index (χ1v) is 7.68. The number of urea groups is 1. The van der Waals surface area contributed by atoms with Gasteiger partial charge in [-0.2, -0.15) is 0 Å². The number of hydrogen-bond donors (Lipinski definition) is 3. The summed E-state index contributed by atoms with van der Waals surface area (Å²) in [6, 6.07) is 13.1. The number of rotatable bonds is 7. The van der Waals surface area contributed by atoms with E-state index in [1.165, 1.54) is 12.1 Å². The Morgan fingerprint density at radius 1 is 1.21 bits per heavy atom.